The van der Waals surface area contributed by atoms with Crippen molar-refractivity contribution in [3.63, 3.8) is 0 Å². The molecule has 0 fully saturated rings. The highest BCUT2D eigenvalue weighted by Crippen LogP contribution is 2.27. The third-order valence-corrected chi connectivity index (χ3v) is 4.05. The van der Waals surface area contributed by atoms with Gasteiger partial charge in [0.1, 0.15) is 11.9 Å². The van der Waals surface area contributed by atoms with E-state index in [0.29, 0.717) is 5.82 Å². The number of hydrogen-bond donors (Lipinski definition) is 2. The number of nitrogens with zero attached hydrogens (tertiary/aromatic N) is 5. The van der Waals surface area contributed by atoms with Crippen LogP contribution in [0.3, 0.4) is 0 Å². The van der Waals surface area contributed by atoms with E-state index in [1.54, 1.807) is 17.5 Å². The van der Waals surface area contributed by atoms with Crippen LogP contribution in [0, 0.1) is 0 Å². The number of hydrogen-bond acceptors (Lipinski definition) is 6. The highest BCUT2D eigenvalue weighted by atomic mass is 32.1. The van der Waals surface area contributed by atoms with E-state index >= 15 is 0 Å². The van der Waals surface area contributed by atoms with Gasteiger partial charge in [-0.3, -0.25) is 5.32 Å². The Morgan fingerprint density at radius 2 is 2.35 bits per heavy atom. The Morgan fingerprint density at radius 3 is 2.95 bits per heavy atom. The third kappa shape index (κ3) is 2.47. The zero-order valence-electron chi connectivity index (χ0n) is 11.2. The zero-order valence-corrected chi connectivity index (χ0v) is 12.0. The Morgan fingerprint density at radius 1 is 1.45 bits per heavy atom. The summed E-state index contributed by atoms with van der Waals surface area (Å²) in [4.78, 5) is 5.65. The second kappa shape index (κ2) is 5.51. The van der Waals surface area contributed by atoms with Crippen molar-refractivity contribution in [3.05, 3.63) is 46.4 Å². The number of tetrazole rings is 1. The summed E-state index contributed by atoms with van der Waals surface area (Å²) in [6, 6.07) is 4.11. The molecule has 2 atom stereocenters. The lowest BCUT2D eigenvalue weighted by molar-refractivity contribution is 0.477. The van der Waals surface area contributed by atoms with Crippen molar-refractivity contribution >= 4 is 11.3 Å². The van der Waals surface area contributed by atoms with E-state index in [0.717, 1.165) is 5.82 Å². The topological polar surface area (TPSA) is 84.3 Å². The normalized spacial score (nSPS) is 14.3. The smallest absolute Gasteiger partial charge is 0.191 e. The number of nitrogens with one attached hydrogen (secondary N) is 2. The van der Waals surface area contributed by atoms with Crippen molar-refractivity contribution in [2.75, 3.05) is 0 Å². The average Bonchev–Trinajstić information content (AvgIpc) is 3.18. The molecule has 3 heterocycles. The van der Waals surface area contributed by atoms with Crippen LogP contribution in [0.2, 0.25) is 0 Å². The molecule has 8 heteroatoms. The second-order valence-corrected chi connectivity index (χ2v) is 5.48. The van der Waals surface area contributed by atoms with E-state index in [1.807, 2.05) is 30.8 Å². The Kier molecular flexibility index (Phi) is 3.57. The first kappa shape index (κ1) is 12.9. The summed E-state index contributed by atoms with van der Waals surface area (Å²) >= 11 is 1.70. The summed E-state index contributed by atoms with van der Waals surface area (Å²) in [7, 11) is 1.99. The molecule has 0 aromatic carbocycles. The summed E-state index contributed by atoms with van der Waals surface area (Å²) in [5, 5.41) is 19.7. The minimum atomic E-state index is -0.0300. The van der Waals surface area contributed by atoms with Gasteiger partial charge in [0.2, 0.25) is 0 Å². The zero-order chi connectivity index (χ0) is 13.9. The molecule has 104 valence electrons. The molecule has 0 bridgehead atoms. The Hall–Kier alpha value is -2.06. The average molecular weight is 289 g/mol. The van der Waals surface area contributed by atoms with E-state index in [2.05, 4.69) is 42.4 Å². The number of imidazole rings is 1. The lowest BCUT2D eigenvalue weighted by Gasteiger charge is -2.20. The molecular formula is C12H15N7S. The highest BCUT2D eigenvalue weighted by molar-refractivity contribution is 7.10. The molecule has 3 aromatic heterocycles. The number of aromatic amines is 1. The van der Waals surface area contributed by atoms with Gasteiger partial charge in [0, 0.05) is 24.3 Å². The standard InChI is InChI=1S/C12H15N7S/c1-8(11-15-17-18-16-11)14-10(9-4-3-7-20-9)12-13-5-6-19(12)2/h3-8,10,14H,1-2H3,(H,15,16,17,18). The first-order valence-electron chi connectivity index (χ1n) is 6.25. The van der Waals surface area contributed by atoms with Crippen molar-refractivity contribution in [1.82, 2.24) is 35.5 Å². The molecule has 3 aromatic rings. The Balaban J connectivity index is 1.89. The van der Waals surface area contributed by atoms with Crippen LogP contribution in [-0.2, 0) is 7.05 Å². The van der Waals surface area contributed by atoms with Gasteiger partial charge in [0.05, 0.1) is 6.04 Å². The van der Waals surface area contributed by atoms with Crippen LogP contribution in [0.5, 0.6) is 0 Å². The van der Waals surface area contributed by atoms with Crippen molar-refractivity contribution in [2.45, 2.75) is 19.0 Å². The van der Waals surface area contributed by atoms with E-state index in [1.165, 1.54) is 4.88 Å². The van der Waals surface area contributed by atoms with Gasteiger partial charge < -0.3 is 4.57 Å². The molecule has 7 nitrogen and oxygen atoms in total. The van der Waals surface area contributed by atoms with Gasteiger partial charge >= 0.3 is 0 Å². The molecule has 2 unspecified atom stereocenters. The number of H-pyrrole nitrogens is 1. The molecule has 0 aliphatic heterocycles. The van der Waals surface area contributed by atoms with Gasteiger partial charge in [-0.25, -0.2) is 4.98 Å². The largest absolute Gasteiger partial charge is 0.336 e. The van der Waals surface area contributed by atoms with Crippen LogP contribution in [0.25, 0.3) is 0 Å². The predicted molar refractivity (Wildman–Crippen MR) is 75.1 cm³/mol. The molecule has 0 saturated heterocycles. The molecule has 0 aliphatic carbocycles. The predicted octanol–water partition coefficient (Wildman–Crippen LogP) is 1.43. The van der Waals surface area contributed by atoms with Crippen LogP contribution in [0.4, 0.5) is 0 Å². The van der Waals surface area contributed by atoms with Crippen LogP contribution in [0.1, 0.15) is 35.5 Å². The van der Waals surface area contributed by atoms with Crippen molar-refractivity contribution in [2.24, 2.45) is 7.05 Å². The van der Waals surface area contributed by atoms with Gasteiger partial charge in [-0.15, -0.1) is 21.5 Å². The highest BCUT2D eigenvalue weighted by Gasteiger charge is 2.23. The van der Waals surface area contributed by atoms with Crippen molar-refractivity contribution in [1.29, 1.82) is 0 Å². The fraction of sp³-hybridized carbons (Fsp3) is 0.333. The first-order valence-corrected chi connectivity index (χ1v) is 7.13. The summed E-state index contributed by atoms with van der Waals surface area (Å²) in [5.41, 5.74) is 0. The minimum Gasteiger partial charge on any atom is -0.336 e. The molecule has 3 rings (SSSR count). The summed E-state index contributed by atoms with van der Waals surface area (Å²) in [6.45, 7) is 2.01. The van der Waals surface area contributed by atoms with Crippen LogP contribution in [-0.4, -0.2) is 30.2 Å². The second-order valence-electron chi connectivity index (χ2n) is 4.50. The van der Waals surface area contributed by atoms with Gasteiger partial charge in [-0.1, -0.05) is 11.3 Å². The SMILES string of the molecule is CC(NC(c1cccs1)c1nccn1C)c1nn[nH]n1. The molecule has 0 radical (unpaired) electrons. The van der Waals surface area contributed by atoms with Crippen LogP contribution >= 0.6 is 11.3 Å². The fourth-order valence-corrected chi connectivity index (χ4v) is 2.85. The van der Waals surface area contributed by atoms with Gasteiger partial charge in [-0.2, -0.15) is 5.21 Å². The first-order chi connectivity index (χ1) is 9.75. The van der Waals surface area contributed by atoms with E-state index in [4.69, 9.17) is 0 Å². The molecular weight excluding hydrogens is 274 g/mol. The Bertz CT molecular complexity index is 643. The number of thiophene rings is 1. The monoisotopic (exact) mass is 289 g/mol. The summed E-state index contributed by atoms with van der Waals surface area (Å²) < 4.78 is 2.01. The molecule has 20 heavy (non-hydrogen) atoms. The Labute approximate surface area is 120 Å². The summed E-state index contributed by atoms with van der Waals surface area (Å²) in [5.74, 6) is 1.60. The maximum absolute atomic E-state index is 4.45. The van der Waals surface area contributed by atoms with Gasteiger partial charge in [0.25, 0.3) is 0 Å². The van der Waals surface area contributed by atoms with E-state index in [9.17, 15) is 0 Å². The van der Waals surface area contributed by atoms with Gasteiger partial charge in [0.15, 0.2) is 5.82 Å². The molecule has 0 amide bonds. The van der Waals surface area contributed by atoms with E-state index < -0.39 is 0 Å². The van der Waals surface area contributed by atoms with Crippen LogP contribution < -0.4 is 5.32 Å². The lowest BCUT2D eigenvalue weighted by atomic mass is 10.2. The maximum Gasteiger partial charge on any atom is 0.191 e. The summed E-state index contributed by atoms with van der Waals surface area (Å²) in [6.07, 6.45) is 3.74. The fourth-order valence-electron chi connectivity index (χ4n) is 2.07. The number of aryl methyl sites for hydroxylation is 1. The van der Waals surface area contributed by atoms with E-state index in [-0.39, 0.29) is 12.1 Å². The van der Waals surface area contributed by atoms with Crippen LogP contribution in [0.15, 0.2) is 29.9 Å². The minimum absolute atomic E-state index is 0.00324. The van der Waals surface area contributed by atoms with Crippen molar-refractivity contribution in [3.8, 4) is 0 Å². The molecule has 2 N–H and O–H groups in total. The van der Waals surface area contributed by atoms with Crippen molar-refractivity contribution < 1.29 is 0 Å². The quantitative estimate of drug-likeness (QED) is 0.742. The molecule has 0 saturated carbocycles. The molecule has 0 aliphatic rings. The number of rotatable bonds is 5. The van der Waals surface area contributed by atoms with Gasteiger partial charge in [-0.05, 0) is 18.4 Å². The lowest BCUT2D eigenvalue weighted by Crippen LogP contribution is -2.27. The number of aromatic nitrogens is 6. The molecule has 0 spiro atoms. The third-order valence-electron chi connectivity index (χ3n) is 3.11. The maximum atomic E-state index is 4.45.